The fourth-order valence-corrected chi connectivity index (χ4v) is 13.3. The van der Waals surface area contributed by atoms with Crippen molar-refractivity contribution in [1.29, 1.82) is 0 Å². The Hall–Kier alpha value is -1.16. The highest BCUT2D eigenvalue weighted by molar-refractivity contribution is 6.05. The van der Waals surface area contributed by atoms with Crippen LogP contribution in [0.25, 0.3) is 0 Å². The molecule has 27 heavy (non-hydrogen) atoms. The molecule has 0 aromatic heterocycles. The van der Waals surface area contributed by atoms with Gasteiger partial charge in [-0.05, 0) is 89.3 Å². The van der Waals surface area contributed by atoms with E-state index in [9.17, 15) is 9.59 Å². The lowest BCUT2D eigenvalue weighted by Crippen LogP contribution is -2.71. The van der Waals surface area contributed by atoms with Gasteiger partial charge in [0.25, 0.3) is 0 Å². The van der Waals surface area contributed by atoms with Crippen LogP contribution in [-0.4, -0.2) is 25.2 Å². The maximum absolute atomic E-state index is 13.4. The van der Waals surface area contributed by atoms with Crippen LogP contribution >= 0.6 is 0 Å². The van der Waals surface area contributed by atoms with E-state index >= 15 is 0 Å². The summed E-state index contributed by atoms with van der Waals surface area (Å²) in [6.07, 6.45) is 6.18. The first-order valence-electron chi connectivity index (χ1n) is 11.3. The summed E-state index contributed by atoms with van der Waals surface area (Å²) in [6.45, 7) is 1.81. The highest BCUT2D eigenvalue weighted by Crippen LogP contribution is 3.00. The summed E-state index contributed by atoms with van der Waals surface area (Å²) < 4.78 is 11.6. The van der Waals surface area contributed by atoms with Crippen LogP contribution in [0.4, 0.5) is 0 Å². The Kier molecular flexibility index (Phi) is 1.58. The van der Waals surface area contributed by atoms with Crippen LogP contribution in [0.3, 0.4) is 0 Å². The minimum atomic E-state index is -0.403. The summed E-state index contributed by atoms with van der Waals surface area (Å²) in [7, 11) is 0. The Morgan fingerprint density at radius 2 is 1.26 bits per heavy atom. The lowest BCUT2D eigenvalue weighted by atomic mass is 9.31. The molecule has 2 heterocycles. The van der Waals surface area contributed by atoms with Crippen molar-refractivity contribution in [3.63, 3.8) is 0 Å². The summed E-state index contributed by atoms with van der Waals surface area (Å²) in [4.78, 5) is 26.9. The molecule has 6 bridgehead atoms. The molecule has 0 radical (unpaired) electrons. The molecular formula is C23H22O4. The van der Waals surface area contributed by atoms with Gasteiger partial charge in [-0.2, -0.15) is 0 Å². The summed E-state index contributed by atoms with van der Waals surface area (Å²) in [5, 5.41) is 0. The molecule has 8 saturated carbocycles. The number of carbonyl (C=O) groups is 2. The normalized spacial score (nSPS) is 78.4. The van der Waals surface area contributed by atoms with Crippen molar-refractivity contribution in [2.24, 2.45) is 93.7 Å². The summed E-state index contributed by atoms with van der Waals surface area (Å²) >= 11 is 0. The van der Waals surface area contributed by atoms with Gasteiger partial charge in [-0.25, -0.2) is 0 Å². The molecule has 0 aromatic carbocycles. The molecule has 16 atom stereocenters. The Morgan fingerprint density at radius 1 is 0.741 bits per heavy atom. The molecule has 10 fully saturated rings. The molecule has 10 aliphatic carbocycles. The second-order valence-corrected chi connectivity index (χ2v) is 11.8. The standard InChI is InChI=1S/C23H22O4/c24-20-22-10-3-11-15-14(10)16-17(15)19(23(11,22)21(25)27-20)13-7-2-1-6(12(13)18(16)22)8-4-26-5-9(7)8/h1-2,6-19H,3-5H2/t6-,7+,8+,9-,10-,11+,12-,13+,14-,15+,16-,17+,18+,19-,22-,23+. The van der Waals surface area contributed by atoms with E-state index < -0.39 is 10.8 Å². The smallest absolute Gasteiger partial charge is 0.321 e. The second kappa shape index (κ2) is 3.26. The van der Waals surface area contributed by atoms with E-state index in [-0.39, 0.29) is 11.9 Å². The molecular weight excluding hydrogens is 340 g/mol. The Balaban J connectivity index is 1.32. The number of hydrogen-bond donors (Lipinski definition) is 0. The largest absolute Gasteiger partial charge is 0.392 e. The molecule has 4 heteroatoms. The van der Waals surface area contributed by atoms with Gasteiger partial charge in [0, 0.05) is 0 Å². The fourth-order valence-electron chi connectivity index (χ4n) is 13.3. The monoisotopic (exact) mass is 362 g/mol. The van der Waals surface area contributed by atoms with Crippen molar-refractivity contribution >= 4 is 11.9 Å². The topological polar surface area (TPSA) is 52.6 Å². The Bertz CT molecular complexity index is 882. The molecule has 138 valence electrons. The van der Waals surface area contributed by atoms with Crippen LogP contribution < -0.4 is 0 Å². The third-order valence-electron chi connectivity index (χ3n) is 12.7. The molecule has 0 amide bonds. The quantitative estimate of drug-likeness (QED) is 0.374. The Labute approximate surface area is 157 Å². The number of esters is 2. The zero-order valence-corrected chi connectivity index (χ0v) is 15.0. The van der Waals surface area contributed by atoms with E-state index in [1.165, 1.54) is 0 Å². The van der Waals surface area contributed by atoms with Crippen LogP contribution in [0.15, 0.2) is 12.2 Å². The maximum Gasteiger partial charge on any atom is 0.321 e. The van der Waals surface area contributed by atoms with Gasteiger partial charge >= 0.3 is 11.9 Å². The van der Waals surface area contributed by atoms with Gasteiger partial charge in [-0.15, -0.1) is 0 Å². The van der Waals surface area contributed by atoms with Crippen LogP contribution in [0.5, 0.6) is 0 Å². The maximum atomic E-state index is 13.4. The van der Waals surface area contributed by atoms with Gasteiger partial charge < -0.3 is 9.47 Å². The molecule has 0 aromatic rings. The minimum absolute atomic E-state index is 0.0793. The summed E-state index contributed by atoms with van der Waals surface area (Å²) in [6, 6.07) is 0. The SMILES string of the molecule is O=C1OC(=O)[C@@]23[C@H]4[C@@H]5[C@H]6[C@H]7[C@@H]5[C@@H]2C[C@H]7[C@@]13[C@H]6[C@@H]1[C@@H]2C=C[C@@H]([C@H]3COC[C@@H]23)[C@@H]14. The average Bonchev–Trinajstić information content (AvgIpc) is 3.39. The number of allylic oxidation sites excluding steroid dienone is 2. The van der Waals surface area contributed by atoms with E-state index in [0.717, 1.165) is 43.3 Å². The predicted molar refractivity (Wildman–Crippen MR) is 89.4 cm³/mol. The Morgan fingerprint density at radius 3 is 1.78 bits per heavy atom. The molecule has 0 N–H and O–H groups in total. The fraction of sp³-hybridized carbons (Fsp3) is 0.826. The highest BCUT2D eigenvalue weighted by atomic mass is 16.6. The predicted octanol–water partition coefficient (Wildman–Crippen LogP) is 1.75. The number of rotatable bonds is 0. The summed E-state index contributed by atoms with van der Waals surface area (Å²) in [5.41, 5.74) is -0.806. The van der Waals surface area contributed by atoms with Gasteiger partial charge in [-0.1, -0.05) is 12.2 Å². The van der Waals surface area contributed by atoms with Crippen LogP contribution in [0, 0.1) is 93.7 Å². The first kappa shape index (κ1) is 13.1. The van der Waals surface area contributed by atoms with E-state index in [2.05, 4.69) is 12.2 Å². The van der Waals surface area contributed by atoms with Gasteiger partial charge in [0.05, 0.1) is 24.0 Å². The number of hydrogen-bond acceptors (Lipinski definition) is 4. The van der Waals surface area contributed by atoms with Gasteiger partial charge in [0.15, 0.2) is 0 Å². The van der Waals surface area contributed by atoms with E-state index in [1.807, 2.05) is 0 Å². The van der Waals surface area contributed by atoms with Crippen LogP contribution in [-0.2, 0) is 19.1 Å². The van der Waals surface area contributed by atoms with Crippen LogP contribution in [0.1, 0.15) is 6.42 Å². The van der Waals surface area contributed by atoms with Crippen molar-refractivity contribution in [1.82, 2.24) is 0 Å². The molecule has 12 aliphatic rings. The number of carbonyl (C=O) groups excluding carboxylic acids is 2. The van der Waals surface area contributed by atoms with E-state index in [1.54, 1.807) is 0 Å². The third-order valence-corrected chi connectivity index (χ3v) is 12.7. The van der Waals surface area contributed by atoms with Gasteiger partial charge in [0.1, 0.15) is 0 Å². The first-order valence-corrected chi connectivity index (χ1v) is 11.3. The molecule has 4 nitrogen and oxygen atoms in total. The van der Waals surface area contributed by atoms with Crippen molar-refractivity contribution in [2.75, 3.05) is 13.2 Å². The van der Waals surface area contributed by atoms with Crippen molar-refractivity contribution in [3.05, 3.63) is 12.2 Å². The van der Waals surface area contributed by atoms with Crippen molar-refractivity contribution < 1.29 is 19.1 Å². The van der Waals surface area contributed by atoms with Crippen molar-refractivity contribution in [2.45, 2.75) is 6.42 Å². The minimum Gasteiger partial charge on any atom is -0.392 e. The number of cyclic esters (lactones) is 2. The zero-order valence-electron chi connectivity index (χ0n) is 15.0. The molecule has 2 spiro atoms. The van der Waals surface area contributed by atoms with E-state index in [0.29, 0.717) is 59.2 Å². The van der Waals surface area contributed by atoms with E-state index in [4.69, 9.17) is 9.47 Å². The molecule has 2 aliphatic heterocycles. The third kappa shape index (κ3) is 0.805. The van der Waals surface area contributed by atoms with Crippen LogP contribution in [0.2, 0.25) is 0 Å². The van der Waals surface area contributed by atoms with Gasteiger partial charge in [-0.3, -0.25) is 9.59 Å². The summed E-state index contributed by atoms with van der Waals surface area (Å²) in [5.74, 6) is 8.34. The average molecular weight is 362 g/mol. The second-order valence-electron chi connectivity index (χ2n) is 11.8. The highest BCUT2D eigenvalue weighted by Gasteiger charge is 3.03. The lowest BCUT2D eigenvalue weighted by molar-refractivity contribution is -0.235. The van der Waals surface area contributed by atoms with Gasteiger partial charge in [0.2, 0.25) is 0 Å². The molecule has 12 rings (SSSR count). The van der Waals surface area contributed by atoms with Crippen molar-refractivity contribution in [3.8, 4) is 0 Å². The first-order chi connectivity index (χ1) is 13.2. The molecule has 0 unspecified atom stereocenters. The number of ether oxygens (including phenoxy) is 2. The lowest BCUT2D eigenvalue weighted by Gasteiger charge is -2.70. The molecule has 2 saturated heterocycles. The zero-order chi connectivity index (χ0) is 17.2.